The fourth-order valence-corrected chi connectivity index (χ4v) is 2.87. The van der Waals surface area contributed by atoms with Crippen LogP contribution in [0.25, 0.3) is 0 Å². The maximum atomic E-state index is 11.8. The van der Waals surface area contributed by atoms with Gasteiger partial charge in [-0.3, -0.25) is 4.79 Å². The molecule has 1 aliphatic rings. The number of anilines is 1. The lowest BCUT2D eigenvalue weighted by Crippen LogP contribution is -2.28. The Labute approximate surface area is 113 Å². The van der Waals surface area contributed by atoms with Crippen LogP contribution in [0.15, 0.2) is 16.6 Å². The SMILES string of the molecule is COc1c(Br)cc(Cl)cc1N1CC(N)CC1=O. The summed E-state index contributed by atoms with van der Waals surface area (Å²) in [4.78, 5) is 13.4. The molecule has 0 radical (unpaired) electrons. The Kier molecular flexibility index (Phi) is 3.61. The highest BCUT2D eigenvalue weighted by atomic mass is 79.9. The van der Waals surface area contributed by atoms with Gasteiger partial charge < -0.3 is 15.4 Å². The predicted octanol–water partition coefficient (Wildman–Crippen LogP) is 2.18. The minimum absolute atomic E-state index is 0.00929. The first-order chi connectivity index (χ1) is 8.02. The Morgan fingerprint density at radius 2 is 2.29 bits per heavy atom. The number of carbonyl (C=O) groups is 1. The van der Waals surface area contributed by atoms with Crippen LogP contribution in [0, 0.1) is 0 Å². The Balaban J connectivity index is 2.47. The summed E-state index contributed by atoms with van der Waals surface area (Å²) >= 11 is 9.35. The van der Waals surface area contributed by atoms with Crippen molar-refractivity contribution in [2.24, 2.45) is 5.73 Å². The Hall–Kier alpha value is -0.780. The van der Waals surface area contributed by atoms with Gasteiger partial charge in [0.2, 0.25) is 5.91 Å². The van der Waals surface area contributed by atoms with Crippen molar-refractivity contribution >= 4 is 39.1 Å². The molecule has 6 heteroatoms. The van der Waals surface area contributed by atoms with Crippen molar-refractivity contribution in [3.63, 3.8) is 0 Å². The molecule has 0 aromatic heterocycles. The lowest BCUT2D eigenvalue weighted by atomic mass is 10.2. The van der Waals surface area contributed by atoms with E-state index in [4.69, 9.17) is 22.1 Å². The second-order valence-corrected chi connectivity index (χ2v) is 5.20. The van der Waals surface area contributed by atoms with Crippen LogP contribution >= 0.6 is 27.5 Å². The van der Waals surface area contributed by atoms with Gasteiger partial charge in [-0.1, -0.05) is 11.6 Å². The number of halogens is 2. The van der Waals surface area contributed by atoms with Gasteiger partial charge in [-0.05, 0) is 28.1 Å². The van der Waals surface area contributed by atoms with Gasteiger partial charge in [0, 0.05) is 24.0 Å². The number of benzene rings is 1. The summed E-state index contributed by atoms with van der Waals surface area (Å²) in [5.41, 5.74) is 6.43. The Bertz CT molecular complexity index is 467. The molecule has 1 saturated heterocycles. The van der Waals surface area contributed by atoms with Gasteiger partial charge >= 0.3 is 0 Å². The van der Waals surface area contributed by atoms with E-state index in [9.17, 15) is 4.79 Å². The molecule has 1 fully saturated rings. The van der Waals surface area contributed by atoms with E-state index in [1.807, 2.05) is 0 Å². The second kappa shape index (κ2) is 4.84. The maximum Gasteiger partial charge on any atom is 0.228 e. The number of methoxy groups -OCH3 is 1. The van der Waals surface area contributed by atoms with Gasteiger partial charge in [-0.2, -0.15) is 0 Å². The first kappa shape index (κ1) is 12.7. The van der Waals surface area contributed by atoms with E-state index in [1.165, 1.54) is 0 Å². The smallest absolute Gasteiger partial charge is 0.228 e. The number of amides is 1. The minimum Gasteiger partial charge on any atom is -0.493 e. The monoisotopic (exact) mass is 318 g/mol. The van der Waals surface area contributed by atoms with Crippen molar-refractivity contribution in [3.05, 3.63) is 21.6 Å². The fraction of sp³-hybridized carbons (Fsp3) is 0.364. The van der Waals surface area contributed by atoms with Gasteiger partial charge in [0.05, 0.1) is 17.3 Å². The third kappa shape index (κ3) is 2.41. The highest BCUT2D eigenvalue weighted by Crippen LogP contribution is 2.39. The van der Waals surface area contributed by atoms with Gasteiger partial charge in [0.1, 0.15) is 0 Å². The molecule has 1 aromatic carbocycles. The number of rotatable bonds is 2. The number of nitrogens with zero attached hydrogens (tertiary/aromatic N) is 1. The van der Waals surface area contributed by atoms with Crippen LogP contribution in [0.2, 0.25) is 5.02 Å². The lowest BCUT2D eigenvalue weighted by Gasteiger charge is -2.20. The summed E-state index contributed by atoms with van der Waals surface area (Å²) in [7, 11) is 1.55. The van der Waals surface area contributed by atoms with Crippen molar-refractivity contribution in [2.45, 2.75) is 12.5 Å². The molecule has 1 unspecified atom stereocenters. The van der Waals surface area contributed by atoms with Crippen LogP contribution in [0.4, 0.5) is 5.69 Å². The molecule has 0 saturated carbocycles. The molecule has 1 aliphatic heterocycles. The molecular weight excluding hydrogens is 307 g/mol. The van der Waals surface area contributed by atoms with Crippen LogP contribution in [0.1, 0.15) is 6.42 Å². The van der Waals surface area contributed by atoms with E-state index < -0.39 is 0 Å². The van der Waals surface area contributed by atoms with Crippen molar-refractivity contribution in [3.8, 4) is 5.75 Å². The summed E-state index contributed by atoms with van der Waals surface area (Å²) in [6.07, 6.45) is 0.354. The highest BCUT2D eigenvalue weighted by Gasteiger charge is 2.30. The molecule has 1 heterocycles. The van der Waals surface area contributed by atoms with Crippen LogP contribution in [-0.2, 0) is 4.79 Å². The van der Waals surface area contributed by atoms with E-state index in [0.717, 1.165) is 4.47 Å². The van der Waals surface area contributed by atoms with Crippen LogP contribution in [-0.4, -0.2) is 25.6 Å². The van der Waals surface area contributed by atoms with E-state index in [2.05, 4.69) is 15.9 Å². The standard InChI is InChI=1S/C11H12BrClN2O2/c1-17-11-8(12)2-6(13)3-9(11)15-5-7(14)4-10(15)16/h2-3,7H,4-5,14H2,1H3. The van der Waals surface area contributed by atoms with Gasteiger partial charge in [0.25, 0.3) is 0 Å². The number of nitrogens with two attached hydrogens (primary N) is 1. The summed E-state index contributed by atoms with van der Waals surface area (Å²) in [6.45, 7) is 0.488. The predicted molar refractivity (Wildman–Crippen MR) is 70.6 cm³/mol. The quantitative estimate of drug-likeness (QED) is 0.909. The lowest BCUT2D eigenvalue weighted by molar-refractivity contribution is -0.117. The summed E-state index contributed by atoms with van der Waals surface area (Å²) in [5, 5.41) is 0.543. The van der Waals surface area contributed by atoms with E-state index >= 15 is 0 Å². The third-order valence-corrected chi connectivity index (χ3v) is 3.45. The fourth-order valence-electron chi connectivity index (χ4n) is 1.92. The highest BCUT2D eigenvalue weighted by molar-refractivity contribution is 9.10. The maximum absolute atomic E-state index is 11.8. The average molecular weight is 320 g/mol. The molecule has 1 atom stereocenters. The molecule has 92 valence electrons. The van der Waals surface area contributed by atoms with Crippen molar-refractivity contribution in [1.82, 2.24) is 0 Å². The van der Waals surface area contributed by atoms with Crippen LogP contribution < -0.4 is 15.4 Å². The number of hydrogen-bond donors (Lipinski definition) is 1. The third-order valence-electron chi connectivity index (χ3n) is 2.64. The normalized spacial score (nSPS) is 19.9. The molecule has 0 aliphatic carbocycles. The molecule has 2 rings (SSSR count). The van der Waals surface area contributed by atoms with E-state index in [1.54, 1.807) is 24.1 Å². The van der Waals surface area contributed by atoms with Crippen LogP contribution in [0.3, 0.4) is 0 Å². The van der Waals surface area contributed by atoms with Crippen LogP contribution in [0.5, 0.6) is 5.75 Å². The molecule has 0 spiro atoms. The van der Waals surface area contributed by atoms with E-state index in [0.29, 0.717) is 29.4 Å². The van der Waals surface area contributed by atoms with Gasteiger partial charge in [-0.25, -0.2) is 0 Å². The average Bonchev–Trinajstić information content (AvgIpc) is 2.56. The number of ether oxygens (including phenoxy) is 1. The summed E-state index contributed by atoms with van der Waals surface area (Å²) < 4.78 is 6.01. The topological polar surface area (TPSA) is 55.6 Å². The Morgan fingerprint density at radius 1 is 1.59 bits per heavy atom. The summed E-state index contributed by atoms with van der Waals surface area (Å²) in [6, 6.07) is 3.30. The zero-order chi connectivity index (χ0) is 12.6. The molecule has 4 nitrogen and oxygen atoms in total. The minimum atomic E-state index is -0.134. The van der Waals surface area contributed by atoms with Gasteiger partial charge in [0.15, 0.2) is 5.75 Å². The number of hydrogen-bond acceptors (Lipinski definition) is 3. The molecule has 1 aromatic rings. The van der Waals surface area contributed by atoms with Crippen molar-refractivity contribution in [2.75, 3.05) is 18.6 Å². The Morgan fingerprint density at radius 3 is 2.82 bits per heavy atom. The van der Waals surface area contributed by atoms with E-state index in [-0.39, 0.29) is 11.9 Å². The zero-order valence-corrected chi connectivity index (χ0v) is 11.6. The zero-order valence-electron chi connectivity index (χ0n) is 9.24. The first-order valence-corrected chi connectivity index (χ1v) is 6.29. The van der Waals surface area contributed by atoms with Crippen molar-refractivity contribution < 1.29 is 9.53 Å². The first-order valence-electron chi connectivity index (χ1n) is 5.12. The molecular formula is C11H12BrClN2O2. The largest absolute Gasteiger partial charge is 0.493 e. The molecule has 0 bridgehead atoms. The number of carbonyl (C=O) groups excluding carboxylic acids is 1. The molecule has 2 N–H and O–H groups in total. The second-order valence-electron chi connectivity index (χ2n) is 3.91. The van der Waals surface area contributed by atoms with Gasteiger partial charge in [-0.15, -0.1) is 0 Å². The summed E-state index contributed by atoms with van der Waals surface area (Å²) in [5.74, 6) is 0.585. The van der Waals surface area contributed by atoms with Crippen molar-refractivity contribution in [1.29, 1.82) is 0 Å². The molecule has 1 amide bonds. The molecule has 17 heavy (non-hydrogen) atoms.